The fourth-order valence-corrected chi connectivity index (χ4v) is 6.89. The summed E-state index contributed by atoms with van der Waals surface area (Å²) in [5.74, 6) is -0.909. The van der Waals surface area contributed by atoms with Crippen molar-refractivity contribution < 1.29 is 24.2 Å². The number of aliphatic imine (C=N–C) groups is 1. The number of rotatable bonds is 7. The Labute approximate surface area is 238 Å². The van der Waals surface area contributed by atoms with Gasteiger partial charge in [-0.3, -0.25) is 19.3 Å². The molecule has 1 saturated carbocycles. The maximum atomic E-state index is 14.1. The van der Waals surface area contributed by atoms with Gasteiger partial charge in [0.2, 0.25) is 17.8 Å². The van der Waals surface area contributed by atoms with Crippen molar-refractivity contribution in [2.75, 3.05) is 32.8 Å². The normalized spacial score (nSPS) is 25.7. The third-order valence-corrected chi connectivity index (χ3v) is 8.98. The summed E-state index contributed by atoms with van der Waals surface area (Å²) in [5.41, 5.74) is 2.56. The van der Waals surface area contributed by atoms with E-state index in [4.69, 9.17) is 16.3 Å². The second-order valence-corrected chi connectivity index (χ2v) is 11.4. The molecule has 40 heavy (non-hydrogen) atoms. The lowest BCUT2D eigenvalue weighted by atomic mass is 9.77. The number of halogens is 1. The average molecular weight is 568 g/mol. The van der Waals surface area contributed by atoms with Crippen molar-refractivity contribution in [1.29, 1.82) is 0 Å². The standard InChI is InChI=1S/C29H34ClN5O5/c30-22-8-9-24(40-17-18-15-34-13-4-11-31-29(34)32-18)26-21(22)10-14-35(23(26)16-33-12-3-7-25(33)36)27(37)19-5-1-2-6-20(19)28(38)39/h4,8-9,13,15,19-20,23H,1-3,5-7,10-12,14,16-17H2,(H,31,32)(H,38,39)/t19-,20+,23-/m1/s1. The molecule has 11 heteroatoms. The van der Waals surface area contributed by atoms with Crippen LogP contribution in [0.4, 0.5) is 0 Å². The molecule has 1 aromatic carbocycles. The number of carbonyl (C=O) groups excluding carboxylic acids is 2. The molecule has 3 atom stereocenters. The Bertz CT molecular complexity index is 1310. The minimum atomic E-state index is -0.915. The average Bonchev–Trinajstić information content (AvgIpc) is 3.57. The molecule has 0 bridgehead atoms. The van der Waals surface area contributed by atoms with Crippen LogP contribution < -0.4 is 10.1 Å². The number of hydrogen-bond donors (Lipinski definition) is 2. The number of carbonyl (C=O) groups is 3. The van der Waals surface area contributed by atoms with E-state index in [9.17, 15) is 19.5 Å². The van der Waals surface area contributed by atoms with Crippen LogP contribution in [0.2, 0.25) is 5.02 Å². The number of carboxylic acids is 1. The van der Waals surface area contributed by atoms with Gasteiger partial charge in [0.25, 0.3) is 0 Å². The summed E-state index contributed by atoms with van der Waals surface area (Å²) in [5, 5.41) is 13.8. The van der Waals surface area contributed by atoms with E-state index in [-0.39, 0.29) is 18.4 Å². The van der Waals surface area contributed by atoms with Crippen molar-refractivity contribution in [1.82, 2.24) is 20.0 Å². The largest absolute Gasteiger partial charge is 0.487 e. The highest BCUT2D eigenvalue weighted by Crippen LogP contribution is 2.43. The topological polar surface area (TPSA) is 115 Å². The first-order valence-corrected chi connectivity index (χ1v) is 14.5. The summed E-state index contributed by atoms with van der Waals surface area (Å²) >= 11 is 6.70. The lowest BCUT2D eigenvalue weighted by Crippen LogP contribution is -2.50. The number of benzene rings is 1. The Hall–Kier alpha value is -3.53. The summed E-state index contributed by atoms with van der Waals surface area (Å²) in [6.07, 6.45) is 10.4. The number of aliphatic carboxylic acids is 1. The maximum Gasteiger partial charge on any atom is 0.307 e. The molecule has 6 rings (SSSR count). The minimum Gasteiger partial charge on any atom is -0.487 e. The van der Waals surface area contributed by atoms with Gasteiger partial charge in [-0.15, -0.1) is 0 Å². The van der Waals surface area contributed by atoms with Gasteiger partial charge < -0.3 is 25.0 Å². The van der Waals surface area contributed by atoms with E-state index < -0.39 is 23.8 Å². The van der Waals surface area contributed by atoms with E-state index in [1.54, 1.807) is 4.90 Å². The van der Waals surface area contributed by atoms with Gasteiger partial charge in [-0.1, -0.05) is 24.4 Å². The van der Waals surface area contributed by atoms with Crippen LogP contribution in [0.1, 0.15) is 55.7 Å². The third-order valence-electron chi connectivity index (χ3n) is 8.63. The molecular weight excluding hydrogens is 534 g/mol. The molecule has 1 aromatic rings. The van der Waals surface area contributed by atoms with Gasteiger partial charge in [0, 0.05) is 49.0 Å². The Morgan fingerprint density at radius 3 is 2.70 bits per heavy atom. The zero-order chi connectivity index (χ0) is 27.8. The number of amides is 2. The van der Waals surface area contributed by atoms with E-state index in [2.05, 4.69) is 10.3 Å². The van der Waals surface area contributed by atoms with Gasteiger partial charge in [-0.25, -0.2) is 4.99 Å². The van der Waals surface area contributed by atoms with E-state index >= 15 is 0 Å². The summed E-state index contributed by atoms with van der Waals surface area (Å²) in [4.78, 5) is 48.8. The van der Waals surface area contributed by atoms with Crippen molar-refractivity contribution in [3.05, 3.63) is 52.5 Å². The summed E-state index contributed by atoms with van der Waals surface area (Å²) in [6.45, 7) is 2.25. The molecule has 5 aliphatic rings. The smallest absolute Gasteiger partial charge is 0.307 e. The number of nitrogens with zero attached hydrogens (tertiary/aromatic N) is 4. The molecular formula is C29H34ClN5O5. The van der Waals surface area contributed by atoms with Crippen molar-refractivity contribution >= 4 is 35.3 Å². The van der Waals surface area contributed by atoms with Crippen LogP contribution >= 0.6 is 11.6 Å². The SMILES string of the molecule is O=C(O)[C@H]1CCCC[C@H]1C(=O)N1CCc2c(Cl)ccc(OCC3=CN4C=CCN=C4N3)c2[C@H]1CN1CCCC1=O. The highest BCUT2D eigenvalue weighted by molar-refractivity contribution is 6.31. The molecule has 10 nitrogen and oxygen atoms in total. The second kappa shape index (κ2) is 11.2. The van der Waals surface area contributed by atoms with Crippen LogP contribution in [0.15, 0.2) is 41.3 Å². The molecule has 0 aromatic heterocycles. The number of fused-ring (bicyclic) bond motifs is 2. The van der Waals surface area contributed by atoms with Gasteiger partial charge in [-0.2, -0.15) is 0 Å². The monoisotopic (exact) mass is 567 g/mol. The minimum absolute atomic E-state index is 0.0656. The number of guanidine groups is 1. The van der Waals surface area contributed by atoms with Crippen LogP contribution in [0.3, 0.4) is 0 Å². The van der Waals surface area contributed by atoms with E-state index in [1.807, 2.05) is 40.4 Å². The Kier molecular flexibility index (Phi) is 7.44. The zero-order valence-electron chi connectivity index (χ0n) is 22.4. The van der Waals surface area contributed by atoms with Gasteiger partial charge in [0.15, 0.2) is 0 Å². The summed E-state index contributed by atoms with van der Waals surface area (Å²) in [6, 6.07) is 3.17. The van der Waals surface area contributed by atoms with E-state index in [0.29, 0.717) is 62.6 Å². The number of likely N-dealkylation sites (tertiary alicyclic amines) is 1. The number of nitrogens with one attached hydrogen (secondary N) is 1. The quantitative estimate of drug-likeness (QED) is 0.519. The lowest BCUT2D eigenvalue weighted by Gasteiger charge is -2.43. The molecule has 212 valence electrons. The number of ether oxygens (including phenoxy) is 1. The zero-order valence-corrected chi connectivity index (χ0v) is 23.1. The van der Waals surface area contributed by atoms with Crippen LogP contribution in [0, 0.1) is 11.8 Å². The first-order chi connectivity index (χ1) is 19.4. The van der Waals surface area contributed by atoms with Crippen LogP contribution in [0.25, 0.3) is 0 Å². The highest BCUT2D eigenvalue weighted by Gasteiger charge is 2.43. The maximum absolute atomic E-state index is 14.1. The molecule has 2 fully saturated rings. The molecule has 2 amide bonds. The van der Waals surface area contributed by atoms with Crippen molar-refractivity contribution in [2.24, 2.45) is 16.8 Å². The number of carboxylic acid groups (broad SMARTS) is 1. The first-order valence-electron chi connectivity index (χ1n) is 14.1. The van der Waals surface area contributed by atoms with Crippen molar-refractivity contribution in [3.63, 3.8) is 0 Å². The molecule has 1 aliphatic carbocycles. The summed E-state index contributed by atoms with van der Waals surface area (Å²) in [7, 11) is 0. The molecule has 1 saturated heterocycles. The first kappa shape index (κ1) is 26.7. The number of hydrogen-bond acceptors (Lipinski definition) is 7. The Morgan fingerprint density at radius 1 is 1.12 bits per heavy atom. The highest BCUT2D eigenvalue weighted by atomic mass is 35.5. The Balaban J connectivity index is 1.32. The molecule has 2 N–H and O–H groups in total. The van der Waals surface area contributed by atoms with Gasteiger partial charge in [0.1, 0.15) is 12.4 Å². The van der Waals surface area contributed by atoms with Gasteiger partial charge in [0.05, 0.1) is 30.1 Å². The van der Waals surface area contributed by atoms with E-state index in [0.717, 1.165) is 42.0 Å². The van der Waals surface area contributed by atoms with Crippen molar-refractivity contribution in [2.45, 2.75) is 51.0 Å². The third kappa shape index (κ3) is 5.05. The second-order valence-electron chi connectivity index (χ2n) is 11.0. The molecule has 0 spiro atoms. The van der Waals surface area contributed by atoms with Gasteiger partial charge in [-0.05, 0) is 49.5 Å². The summed E-state index contributed by atoms with van der Waals surface area (Å²) < 4.78 is 6.37. The molecule has 4 aliphatic heterocycles. The lowest BCUT2D eigenvalue weighted by molar-refractivity contribution is -0.154. The van der Waals surface area contributed by atoms with Crippen molar-refractivity contribution in [3.8, 4) is 5.75 Å². The van der Waals surface area contributed by atoms with Gasteiger partial charge >= 0.3 is 5.97 Å². The molecule has 0 radical (unpaired) electrons. The predicted octanol–water partition coefficient (Wildman–Crippen LogP) is 3.29. The van der Waals surface area contributed by atoms with Crippen LogP contribution in [0.5, 0.6) is 5.75 Å². The Morgan fingerprint density at radius 2 is 1.95 bits per heavy atom. The van der Waals surface area contributed by atoms with E-state index in [1.165, 1.54) is 0 Å². The van der Waals surface area contributed by atoms with Crippen LogP contribution in [-0.4, -0.2) is 76.3 Å². The fourth-order valence-electron chi connectivity index (χ4n) is 6.63. The predicted molar refractivity (Wildman–Crippen MR) is 149 cm³/mol. The molecule has 4 heterocycles. The molecule has 0 unspecified atom stereocenters. The van der Waals surface area contributed by atoms with Crippen LogP contribution in [-0.2, 0) is 20.8 Å². The fraction of sp³-hybridized carbons (Fsp3) is 0.517.